The van der Waals surface area contributed by atoms with E-state index in [0.29, 0.717) is 43.1 Å². The zero-order valence-electron chi connectivity index (χ0n) is 14.0. The fourth-order valence-electron chi connectivity index (χ4n) is 3.91. The van der Waals surface area contributed by atoms with E-state index in [-0.39, 0.29) is 23.0 Å². The molecule has 0 N–H and O–H groups in total. The molecule has 3 heterocycles. The van der Waals surface area contributed by atoms with Gasteiger partial charge in [0.25, 0.3) is 5.91 Å². The standard InChI is InChI=1S/C19H19FN2O3/c1-13-16(6-9-25-13)18(24)21-8-7-19(11-21)10-17(23)22(12-19)15-4-2-14(20)3-5-15/h2-6,9H,7-8,10-12H2,1H3/t19-/m0/s1. The van der Waals surface area contributed by atoms with Crippen molar-refractivity contribution >= 4 is 17.5 Å². The Morgan fingerprint density at radius 2 is 1.96 bits per heavy atom. The van der Waals surface area contributed by atoms with Crippen LogP contribution in [-0.2, 0) is 4.79 Å². The SMILES string of the molecule is Cc1occc1C(=O)N1CC[C@]2(CC(=O)N(c3ccc(F)cc3)C2)C1. The van der Waals surface area contributed by atoms with Gasteiger partial charge in [-0.25, -0.2) is 4.39 Å². The maximum atomic E-state index is 13.1. The quantitative estimate of drug-likeness (QED) is 0.843. The third kappa shape index (κ3) is 2.71. The maximum absolute atomic E-state index is 13.1. The summed E-state index contributed by atoms with van der Waals surface area (Å²) in [5.41, 5.74) is 1.06. The van der Waals surface area contributed by atoms with Crippen LogP contribution in [0.25, 0.3) is 0 Å². The monoisotopic (exact) mass is 342 g/mol. The van der Waals surface area contributed by atoms with Gasteiger partial charge in [-0.1, -0.05) is 0 Å². The van der Waals surface area contributed by atoms with Crippen LogP contribution < -0.4 is 4.90 Å². The lowest BCUT2D eigenvalue weighted by atomic mass is 9.86. The molecule has 25 heavy (non-hydrogen) atoms. The van der Waals surface area contributed by atoms with Gasteiger partial charge >= 0.3 is 0 Å². The highest BCUT2D eigenvalue weighted by Crippen LogP contribution is 2.42. The van der Waals surface area contributed by atoms with Crippen molar-refractivity contribution in [2.24, 2.45) is 5.41 Å². The number of aryl methyl sites for hydroxylation is 1. The lowest BCUT2D eigenvalue weighted by Gasteiger charge is -2.24. The molecule has 1 spiro atoms. The first kappa shape index (κ1) is 15.9. The van der Waals surface area contributed by atoms with Crippen molar-refractivity contribution in [2.45, 2.75) is 19.8 Å². The molecule has 2 fully saturated rings. The minimum absolute atomic E-state index is 0.0281. The molecule has 1 aromatic carbocycles. The normalized spacial score (nSPS) is 23.0. The molecule has 2 aliphatic rings. The molecule has 2 amide bonds. The number of nitrogens with zero attached hydrogens (tertiary/aromatic N) is 2. The fraction of sp³-hybridized carbons (Fsp3) is 0.368. The lowest BCUT2D eigenvalue weighted by Crippen LogP contribution is -2.34. The van der Waals surface area contributed by atoms with Crippen LogP contribution in [0.3, 0.4) is 0 Å². The number of amides is 2. The molecular formula is C19H19FN2O3. The summed E-state index contributed by atoms with van der Waals surface area (Å²) >= 11 is 0. The summed E-state index contributed by atoms with van der Waals surface area (Å²) in [7, 11) is 0. The van der Waals surface area contributed by atoms with E-state index in [0.717, 1.165) is 6.42 Å². The van der Waals surface area contributed by atoms with Crippen molar-refractivity contribution in [3.8, 4) is 0 Å². The molecule has 0 aliphatic carbocycles. The molecular weight excluding hydrogens is 323 g/mol. The van der Waals surface area contributed by atoms with Crippen LogP contribution in [0.2, 0.25) is 0 Å². The summed E-state index contributed by atoms with van der Waals surface area (Å²) in [6.45, 7) is 3.52. The number of rotatable bonds is 2. The molecule has 2 aliphatic heterocycles. The number of halogens is 1. The van der Waals surface area contributed by atoms with Gasteiger partial charge in [-0.3, -0.25) is 9.59 Å². The third-order valence-corrected chi connectivity index (χ3v) is 5.27. The van der Waals surface area contributed by atoms with Crippen LogP contribution in [0.4, 0.5) is 10.1 Å². The average Bonchev–Trinajstić information content (AvgIpc) is 3.28. The Hall–Kier alpha value is -2.63. The largest absolute Gasteiger partial charge is 0.469 e. The molecule has 2 saturated heterocycles. The van der Waals surface area contributed by atoms with E-state index in [2.05, 4.69) is 0 Å². The first-order valence-corrected chi connectivity index (χ1v) is 8.37. The Morgan fingerprint density at radius 3 is 2.64 bits per heavy atom. The molecule has 2 aromatic rings. The van der Waals surface area contributed by atoms with Crippen LogP contribution >= 0.6 is 0 Å². The van der Waals surface area contributed by atoms with Crippen LogP contribution in [0.5, 0.6) is 0 Å². The topological polar surface area (TPSA) is 53.8 Å². The molecule has 0 bridgehead atoms. The predicted octanol–water partition coefficient (Wildman–Crippen LogP) is 3.00. The molecule has 4 rings (SSSR count). The summed E-state index contributed by atoms with van der Waals surface area (Å²) in [5.74, 6) is 0.274. The average molecular weight is 342 g/mol. The van der Waals surface area contributed by atoms with Crippen molar-refractivity contribution in [1.82, 2.24) is 4.90 Å². The van der Waals surface area contributed by atoms with Crippen molar-refractivity contribution in [3.05, 3.63) is 53.7 Å². The van der Waals surface area contributed by atoms with Crippen molar-refractivity contribution in [1.29, 1.82) is 0 Å². The minimum atomic E-state index is -0.321. The first-order chi connectivity index (χ1) is 12.0. The smallest absolute Gasteiger partial charge is 0.257 e. The summed E-state index contributed by atoms with van der Waals surface area (Å²) in [6, 6.07) is 7.66. The molecule has 6 heteroatoms. The number of carbonyl (C=O) groups is 2. The highest BCUT2D eigenvalue weighted by Gasteiger charge is 2.49. The number of furan rings is 1. The molecule has 5 nitrogen and oxygen atoms in total. The fourth-order valence-corrected chi connectivity index (χ4v) is 3.91. The van der Waals surface area contributed by atoms with E-state index in [1.54, 1.807) is 34.9 Å². The number of hydrogen-bond donors (Lipinski definition) is 0. The number of anilines is 1. The van der Waals surface area contributed by atoms with Gasteiger partial charge in [-0.05, 0) is 43.7 Å². The van der Waals surface area contributed by atoms with Crippen LogP contribution in [0.15, 0.2) is 41.0 Å². The molecule has 1 atom stereocenters. The number of likely N-dealkylation sites (tertiary alicyclic amines) is 1. The van der Waals surface area contributed by atoms with Crippen LogP contribution in [0, 0.1) is 18.2 Å². The van der Waals surface area contributed by atoms with Gasteiger partial charge in [0.05, 0.1) is 11.8 Å². The van der Waals surface area contributed by atoms with Crippen molar-refractivity contribution in [2.75, 3.05) is 24.5 Å². The maximum Gasteiger partial charge on any atom is 0.257 e. The van der Waals surface area contributed by atoms with Crippen molar-refractivity contribution in [3.63, 3.8) is 0 Å². The molecule has 0 radical (unpaired) electrons. The van der Waals surface area contributed by atoms with Gasteiger partial charge in [0, 0.05) is 37.2 Å². The summed E-state index contributed by atoms with van der Waals surface area (Å²) < 4.78 is 18.3. The van der Waals surface area contributed by atoms with E-state index in [9.17, 15) is 14.0 Å². The van der Waals surface area contributed by atoms with Gasteiger partial charge < -0.3 is 14.2 Å². The summed E-state index contributed by atoms with van der Waals surface area (Å²) in [5, 5.41) is 0. The second kappa shape index (κ2) is 5.72. The van der Waals surface area contributed by atoms with E-state index >= 15 is 0 Å². The highest BCUT2D eigenvalue weighted by atomic mass is 19.1. The van der Waals surface area contributed by atoms with E-state index in [4.69, 9.17) is 4.42 Å². The number of benzene rings is 1. The van der Waals surface area contributed by atoms with Gasteiger partial charge in [0.1, 0.15) is 11.6 Å². The molecule has 0 saturated carbocycles. The minimum Gasteiger partial charge on any atom is -0.469 e. The zero-order valence-corrected chi connectivity index (χ0v) is 14.0. The predicted molar refractivity (Wildman–Crippen MR) is 89.8 cm³/mol. The Labute approximate surface area is 145 Å². The summed E-state index contributed by atoms with van der Waals surface area (Å²) in [4.78, 5) is 28.7. The van der Waals surface area contributed by atoms with E-state index in [1.165, 1.54) is 18.4 Å². The van der Waals surface area contributed by atoms with Gasteiger partial charge in [-0.15, -0.1) is 0 Å². The van der Waals surface area contributed by atoms with Crippen LogP contribution in [0.1, 0.15) is 29.0 Å². The van der Waals surface area contributed by atoms with Gasteiger partial charge in [-0.2, -0.15) is 0 Å². The third-order valence-electron chi connectivity index (χ3n) is 5.27. The Morgan fingerprint density at radius 1 is 1.20 bits per heavy atom. The molecule has 130 valence electrons. The Bertz CT molecular complexity index is 829. The van der Waals surface area contributed by atoms with E-state index in [1.807, 2.05) is 0 Å². The molecule has 0 unspecified atom stereocenters. The summed E-state index contributed by atoms with van der Waals surface area (Å²) in [6.07, 6.45) is 2.72. The lowest BCUT2D eigenvalue weighted by molar-refractivity contribution is -0.117. The van der Waals surface area contributed by atoms with Gasteiger partial charge in [0.15, 0.2) is 0 Å². The Kier molecular flexibility index (Phi) is 3.63. The molecule has 1 aromatic heterocycles. The highest BCUT2D eigenvalue weighted by molar-refractivity contribution is 5.98. The van der Waals surface area contributed by atoms with Gasteiger partial charge in [0.2, 0.25) is 5.91 Å². The van der Waals surface area contributed by atoms with Crippen molar-refractivity contribution < 1.29 is 18.4 Å². The Balaban J connectivity index is 1.51. The zero-order chi connectivity index (χ0) is 17.6. The van der Waals surface area contributed by atoms with Crippen LogP contribution in [-0.4, -0.2) is 36.3 Å². The van der Waals surface area contributed by atoms with E-state index < -0.39 is 0 Å². The first-order valence-electron chi connectivity index (χ1n) is 8.37. The number of carbonyl (C=O) groups excluding carboxylic acids is 2. The second-order valence-electron chi connectivity index (χ2n) is 7.00. The second-order valence-corrected chi connectivity index (χ2v) is 7.00. The number of hydrogen-bond acceptors (Lipinski definition) is 3.